The Kier molecular flexibility index (Phi) is 8.23. The fourth-order valence-electron chi connectivity index (χ4n) is 5.14. The van der Waals surface area contributed by atoms with Crippen LogP contribution < -0.4 is 24.4 Å². The SMILES string of the molecule is CCOC(=O)C1=C(c2ccccc2)N=c2s/c(=C\c3ccc(-c4cccc(Cl)c4)o3)c(=O)n2C1c1ccc(OC)c(OC)c1. The van der Waals surface area contributed by atoms with Gasteiger partial charge in [0.15, 0.2) is 16.3 Å². The highest BCUT2D eigenvalue weighted by atomic mass is 35.5. The number of halogens is 1. The summed E-state index contributed by atoms with van der Waals surface area (Å²) in [6, 6.07) is 24.8. The number of ether oxygens (including phenoxy) is 3. The minimum atomic E-state index is -0.860. The minimum absolute atomic E-state index is 0.154. The highest BCUT2D eigenvalue weighted by Crippen LogP contribution is 2.38. The van der Waals surface area contributed by atoms with Crippen molar-refractivity contribution in [1.29, 1.82) is 0 Å². The van der Waals surface area contributed by atoms with Gasteiger partial charge in [0.25, 0.3) is 5.56 Å². The number of nitrogens with zero attached hydrogens (tertiary/aromatic N) is 2. The maximum absolute atomic E-state index is 14.2. The number of furan rings is 1. The molecule has 10 heteroatoms. The van der Waals surface area contributed by atoms with E-state index >= 15 is 0 Å². The molecule has 0 saturated heterocycles. The van der Waals surface area contributed by atoms with E-state index in [0.717, 1.165) is 11.1 Å². The highest BCUT2D eigenvalue weighted by Gasteiger charge is 2.35. The zero-order chi connectivity index (χ0) is 30.8. The first-order chi connectivity index (χ1) is 21.4. The van der Waals surface area contributed by atoms with Gasteiger partial charge in [-0.05, 0) is 48.9 Å². The molecule has 6 rings (SSSR count). The van der Waals surface area contributed by atoms with Gasteiger partial charge in [0, 0.05) is 22.2 Å². The predicted octanol–water partition coefficient (Wildman–Crippen LogP) is 5.87. The molecule has 2 aromatic heterocycles. The zero-order valence-corrected chi connectivity index (χ0v) is 25.6. The maximum atomic E-state index is 14.2. The van der Waals surface area contributed by atoms with Crippen LogP contribution in [0.2, 0.25) is 5.02 Å². The van der Waals surface area contributed by atoms with Crippen molar-refractivity contribution in [3.05, 3.63) is 132 Å². The fourth-order valence-corrected chi connectivity index (χ4v) is 6.31. The predicted molar refractivity (Wildman–Crippen MR) is 170 cm³/mol. The summed E-state index contributed by atoms with van der Waals surface area (Å²) in [5.74, 6) is 1.51. The van der Waals surface area contributed by atoms with Crippen LogP contribution in [0.4, 0.5) is 0 Å². The van der Waals surface area contributed by atoms with Gasteiger partial charge in [0.1, 0.15) is 11.5 Å². The van der Waals surface area contributed by atoms with Crippen LogP contribution in [0.25, 0.3) is 23.1 Å². The summed E-state index contributed by atoms with van der Waals surface area (Å²) in [5, 5.41) is 0.593. The molecule has 8 nitrogen and oxygen atoms in total. The van der Waals surface area contributed by atoms with E-state index in [0.29, 0.717) is 48.6 Å². The number of carbonyl (C=O) groups is 1. The second-order valence-corrected chi connectivity index (χ2v) is 11.2. The van der Waals surface area contributed by atoms with E-state index in [1.54, 1.807) is 50.4 Å². The molecule has 0 N–H and O–H groups in total. The molecule has 0 radical (unpaired) electrons. The Balaban J connectivity index is 1.58. The first-order valence-corrected chi connectivity index (χ1v) is 15.0. The summed E-state index contributed by atoms with van der Waals surface area (Å²) >= 11 is 7.38. The topological polar surface area (TPSA) is 92.3 Å². The first-order valence-electron chi connectivity index (χ1n) is 13.8. The number of fused-ring (bicyclic) bond motifs is 1. The number of methoxy groups -OCH3 is 2. The Hall–Kier alpha value is -4.86. The lowest BCUT2D eigenvalue weighted by Gasteiger charge is -2.26. The van der Waals surface area contributed by atoms with Crippen molar-refractivity contribution >= 4 is 40.7 Å². The second-order valence-electron chi connectivity index (χ2n) is 9.76. The van der Waals surface area contributed by atoms with Crippen molar-refractivity contribution in [3.8, 4) is 22.8 Å². The molecule has 1 atom stereocenters. The lowest BCUT2D eigenvalue weighted by Crippen LogP contribution is -2.40. The van der Waals surface area contributed by atoms with Crippen molar-refractivity contribution in [1.82, 2.24) is 4.57 Å². The molecule has 0 bridgehead atoms. The van der Waals surface area contributed by atoms with Gasteiger partial charge in [0.05, 0.1) is 42.7 Å². The van der Waals surface area contributed by atoms with Crippen LogP contribution >= 0.6 is 22.9 Å². The van der Waals surface area contributed by atoms with Gasteiger partial charge >= 0.3 is 5.97 Å². The summed E-state index contributed by atoms with van der Waals surface area (Å²) in [7, 11) is 3.08. The lowest BCUT2D eigenvalue weighted by atomic mass is 9.93. The van der Waals surface area contributed by atoms with Crippen LogP contribution in [0.1, 0.15) is 29.9 Å². The van der Waals surface area contributed by atoms with E-state index in [-0.39, 0.29) is 17.7 Å². The van der Waals surface area contributed by atoms with Gasteiger partial charge in [-0.2, -0.15) is 0 Å². The van der Waals surface area contributed by atoms with Crippen molar-refractivity contribution in [2.45, 2.75) is 13.0 Å². The molecule has 0 saturated carbocycles. The number of benzene rings is 3. The summed E-state index contributed by atoms with van der Waals surface area (Å²) in [6.45, 7) is 1.89. The van der Waals surface area contributed by atoms with E-state index in [1.807, 2.05) is 54.6 Å². The Morgan fingerprint density at radius 2 is 1.75 bits per heavy atom. The fraction of sp³-hybridized carbons (Fsp3) is 0.147. The van der Waals surface area contributed by atoms with Crippen LogP contribution in [0, 0.1) is 0 Å². The molecule has 222 valence electrons. The Morgan fingerprint density at radius 3 is 2.48 bits per heavy atom. The average Bonchev–Trinajstić information content (AvgIpc) is 3.64. The molecule has 1 unspecified atom stereocenters. The van der Waals surface area contributed by atoms with E-state index in [4.69, 9.17) is 35.2 Å². The normalized spacial score (nSPS) is 14.6. The Labute approximate surface area is 261 Å². The smallest absolute Gasteiger partial charge is 0.338 e. The van der Waals surface area contributed by atoms with Gasteiger partial charge in [-0.25, -0.2) is 9.79 Å². The molecule has 0 aliphatic carbocycles. The summed E-state index contributed by atoms with van der Waals surface area (Å²) in [5.41, 5.74) is 2.50. The molecule has 1 aliphatic rings. The second kappa shape index (κ2) is 12.4. The Bertz CT molecular complexity index is 2080. The van der Waals surface area contributed by atoms with Gasteiger partial charge in [-0.15, -0.1) is 0 Å². The lowest BCUT2D eigenvalue weighted by molar-refractivity contribution is -0.138. The number of aromatic nitrogens is 1. The van der Waals surface area contributed by atoms with E-state index in [9.17, 15) is 9.59 Å². The minimum Gasteiger partial charge on any atom is -0.493 e. The number of hydrogen-bond acceptors (Lipinski definition) is 8. The first kappa shape index (κ1) is 29.2. The molecule has 1 aliphatic heterocycles. The molecule has 44 heavy (non-hydrogen) atoms. The number of esters is 1. The van der Waals surface area contributed by atoms with Crippen LogP contribution in [-0.4, -0.2) is 31.4 Å². The molecule has 0 fully saturated rings. The third-order valence-corrected chi connectivity index (χ3v) is 8.32. The maximum Gasteiger partial charge on any atom is 0.338 e. The zero-order valence-electron chi connectivity index (χ0n) is 24.1. The molecule has 5 aromatic rings. The van der Waals surface area contributed by atoms with Gasteiger partial charge in [-0.1, -0.05) is 71.5 Å². The molecule has 0 amide bonds. The Morgan fingerprint density at radius 1 is 0.977 bits per heavy atom. The van der Waals surface area contributed by atoms with Crippen LogP contribution in [0.5, 0.6) is 11.5 Å². The van der Waals surface area contributed by atoms with E-state index in [2.05, 4.69) is 0 Å². The van der Waals surface area contributed by atoms with Gasteiger partial charge in [-0.3, -0.25) is 9.36 Å². The summed E-state index contributed by atoms with van der Waals surface area (Å²) < 4.78 is 24.5. The van der Waals surface area contributed by atoms with Crippen LogP contribution in [0.3, 0.4) is 0 Å². The molecule has 3 heterocycles. The van der Waals surface area contributed by atoms with Crippen molar-refractivity contribution in [3.63, 3.8) is 0 Å². The molecular formula is C34H27ClN2O6S. The quantitative estimate of drug-likeness (QED) is 0.200. The number of carbonyl (C=O) groups excluding carboxylic acids is 1. The van der Waals surface area contributed by atoms with E-state index < -0.39 is 12.0 Å². The third kappa shape index (κ3) is 5.47. The summed E-state index contributed by atoms with van der Waals surface area (Å²) in [4.78, 5) is 33.1. The van der Waals surface area contributed by atoms with Gasteiger partial charge in [0.2, 0.25) is 0 Å². The van der Waals surface area contributed by atoms with Crippen molar-refractivity contribution in [2.24, 2.45) is 4.99 Å². The third-order valence-electron chi connectivity index (χ3n) is 7.11. The number of hydrogen-bond donors (Lipinski definition) is 0. The molecular weight excluding hydrogens is 600 g/mol. The number of rotatable bonds is 8. The van der Waals surface area contributed by atoms with Crippen LogP contribution in [0.15, 0.2) is 105 Å². The standard InChI is InChI=1S/C34H27ClN2O6S/c1-4-42-33(39)29-30(20-9-6-5-7-10-20)36-34-37(31(29)22-13-15-26(40-2)27(18-22)41-3)32(38)28(44-34)19-24-14-16-25(43-24)21-11-8-12-23(35)17-21/h5-19,31H,4H2,1-3H3/b28-19-. The van der Waals surface area contributed by atoms with Crippen molar-refractivity contribution in [2.75, 3.05) is 20.8 Å². The average molecular weight is 627 g/mol. The molecule has 3 aromatic carbocycles. The largest absolute Gasteiger partial charge is 0.493 e. The number of thiazole rings is 1. The highest BCUT2D eigenvalue weighted by molar-refractivity contribution is 7.07. The van der Waals surface area contributed by atoms with Gasteiger partial charge < -0.3 is 18.6 Å². The van der Waals surface area contributed by atoms with Crippen molar-refractivity contribution < 1.29 is 23.4 Å². The monoisotopic (exact) mass is 626 g/mol. The van der Waals surface area contributed by atoms with E-state index in [1.165, 1.54) is 23.0 Å². The van der Waals surface area contributed by atoms with Crippen LogP contribution in [-0.2, 0) is 9.53 Å². The summed E-state index contributed by atoms with van der Waals surface area (Å²) in [6.07, 6.45) is 1.68. The molecule has 0 spiro atoms.